The Morgan fingerprint density at radius 1 is 1.41 bits per heavy atom. The van der Waals surface area contributed by atoms with Gasteiger partial charge in [-0.05, 0) is 51.3 Å². The summed E-state index contributed by atoms with van der Waals surface area (Å²) in [6, 6.07) is 6.57. The van der Waals surface area contributed by atoms with E-state index in [1.54, 1.807) is 12.1 Å². The zero-order valence-corrected chi connectivity index (χ0v) is 17.3. The number of fused-ring (bicyclic) bond motifs is 1. The molecule has 3 heterocycles. The standard InChI is InChI=1S/C20H23F2N3O3S/c1-11-23-17-15(16(29-11)12-5-4-6-14(9-12)28-19(21)22)18(26)24-25(17)13-7-8-27-20(2,3)10-13/h4-6,9,13,16,19H,7-8,10H2,1-3H3,(H,24,26)/t13-,16-/m0/s1. The molecule has 0 saturated carbocycles. The van der Waals surface area contributed by atoms with Gasteiger partial charge < -0.3 is 9.47 Å². The van der Waals surface area contributed by atoms with Crippen LogP contribution in [0.3, 0.4) is 0 Å². The van der Waals surface area contributed by atoms with E-state index in [-0.39, 0.29) is 28.2 Å². The summed E-state index contributed by atoms with van der Waals surface area (Å²) in [7, 11) is 0. The molecule has 1 N–H and O–H groups in total. The van der Waals surface area contributed by atoms with E-state index in [9.17, 15) is 13.6 Å². The van der Waals surface area contributed by atoms with Crippen LogP contribution in [0.15, 0.2) is 34.1 Å². The van der Waals surface area contributed by atoms with Crippen LogP contribution in [-0.2, 0) is 4.74 Å². The van der Waals surface area contributed by atoms with Gasteiger partial charge in [0.2, 0.25) is 0 Å². The molecule has 2 atom stereocenters. The number of ether oxygens (including phenoxy) is 2. The highest BCUT2D eigenvalue weighted by molar-refractivity contribution is 8.14. The third kappa shape index (κ3) is 4.11. The Hall–Kier alpha value is -2.13. The van der Waals surface area contributed by atoms with Gasteiger partial charge in [-0.1, -0.05) is 23.9 Å². The Balaban J connectivity index is 1.75. The maximum Gasteiger partial charge on any atom is 0.387 e. The summed E-state index contributed by atoms with van der Waals surface area (Å²) in [5, 5.41) is 3.43. The summed E-state index contributed by atoms with van der Waals surface area (Å²) in [6.45, 7) is 3.67. The zero-order valence-electron chi connectivity index (χ0n) is 16.4. The van der Waals surface area contributed by atoms with Gasteiger partial charge in [0.1, 0.15) is 5.75 Å². The van der Waals surface area contributed by atoms with Crippen molar-refractivity contribution in [2.24, 2.45) is 4.99 Å². The van der Waals surface area contributed by atoms with Gasteiger partial charge in [-0.2, -0.15) is 8.78 Å². The number of hydrogen-bond acceptors (Lipinski definition) is 5. The lowest BCUT2D eigenvalue weighted by Crippen LogP contribution is -2.35. The molecule has 2 aromatic rings. The molecule has 1 saturated heterocycles. The number of nitrogens with one attached hydrogen (secondary N) is 1. The van der Waals surface area contributed by atoms with Gasteiger partial charge in [-0.25, -0.2) is 4.99 Å². The molecule has 2 aliphatic heterocycles. The molecule has 2 aliphatic rings. The normalized spacial score (nSPS) is 23.6. The number of benzene rings is 1. The molecule has 1 aromatic heterocycles. The van der Waals surface area contributed by atoms with Gasteiger partial charge >= 0.3 is 6.61 Å². The van der Waals surface area contributed by atoms with Gasteiger partial charge in [0, 0.05) is 6.61 Å². The van der Waals surface area contributed by atoms with Gasteiger partial charge in [0.15, 0.2) is 5.82 Å². The molecule has 0 bridgehead atoms. The number of halogens is 2. The third-order valence-corrected chi connectivity index (χ3v) is 6.35. The minimum absolute atomic E-state index is 0.0712. The Labute approximate surface area is 171 Å². The van der Waals surface area contributed by atoms with E-state index in [0.29, 0.717) is 18.0 Å². The first-order valence-corrected chi connectivity index (χ1v) is 10.4. The van der Waals surface area contributed by atoms with Crippen LogP contribution < -0.4 is 10.3 Å². The maximum absolute atomic E-state index is 12.9. The van der Waals surface area contributed by atoms with Crippen LogP contribution >= 0.6 is 11.8 Å². The van der Waals surface area contributed by atoms with Crippen LogP contribution in [0.5, 0.6) is 5.75 Å². The van der Waals surface area contributed by atoms with Gasteiger partial charge in [0.25, 0.3) is 5.56 Å². The van der Waals surface area contributed by atoms with E-state index in [2.05, 4.69) is 14.8 Å². The summed E-state index contributed by atoms with van der Waals surface area (Å²) >= 11 is 1.43. The Morgan fingerprint density at radius 2 is 2.21 bits per heavy atom. The first kappa shape index (κ1) is 20.2. The molecule has 0 unspecified atom stereocenters. The fraction of sp³-hybridized carbons (Fsp3) is 0.500. The molecule has 0 spiro atoms. The average molecular weight is 423 g/mol. The lowest BCUT2D eigenvalue weighted by molar-refractivity contribution is -0.0705. The van der Waals surface area contributed by atoms with Gasteiger partial charge in [-0.3, -0.25) is 14.6 Å². The maximum atomic E-state index is 12.9. The molecular formula is C20H23F2N3O3S. The van der Waals surface area contributed by atoms with Crippen molar-refractivity contribution in [2.75, 3.05) is 6.61 Å². The second-order valence-electron chi connectivity index (χ2n) is 7.88. The summed E-state index contributed by atoms with van der Waals surface area (Å²) in [5.41, 5.74) is 0.774. The van der Waals surface area contributed by atoms with Crippen LogP contribution in [0.1, 0.15) is 56.0 Å². The number of thioether (sulfide) groups is 1. The molecule has 0 radical (unpaired) electrons. The molecule has 1 aromatic carbocycles. The van der Waals surface area contributed by atoms with Crippen molar-refractivity contribution in [3.8, 4) is 5.75 Å². The van der Waals surface area contributed by atoms with Crippen molar-refractivity contribution >= 4 is 22.6 Å². The van der Waals surface area contributed by atoms with E-state index in [1.165, 1.54) is 17.8 Å². The molecule has 4 rings (SSSR count). The molecule has 1 fully saturated rings. The Morgan fingerprint density at radius 3 is 2.93 bits per heavy atom. The van der Waals surface area contributed by atoms with Crippen LogP contribution in [0, 0.1) is 0 Å². The number of hydrogen-bond donors (Lipinski definition) is 1. The van der Waals surface area contributed by atoms with Crippen molar-refractivity contribution in [3.63, 3.8) is 0 Å². The zero-order chi connectivity index (χ0) is 20.8. The second kappa shape index (κ2) is 7.60. The van der Waals surface area contributed by atoms with Crippen molar-refractivity contribution in [1.82, 2.24) is 9.78 Å². The van der Waals surface area contributed by atoms with Gasteiger partial charge in [0.05, 0.1) is 27.5 Å². The van der Waals surface area contributed by atoms with Crippen molar-refractivity contribution in [1.29, 1.82) is 0 Å². The molecule has 0 aliphatic carbocycles. The predicted molar refractivity (Wildman–Crippen MR) is 109 cm³/mol. The number of rotatable bonds is 4. The molecule has 6 nitrogen and oxygen atoms in total. The lowest BCUT2D eigenvalue weighted by atomic mass is 9.94. The monoisotopic (exact) mass is 423 g/mol. The first-order valence-electron chi connectivity index (χ1n) is 9.48. The molecule has 9 heteroatoms. The summed E-state index contributed by atoms with van der Waals surface area (Å²) in [4.78, 5) is 17.6. The van der Waals surface area contributed by atoms with Gasteiger partial charge in [-0.15, -0.1) is 0 Å². The number of aliphatic imine (C=N–C) groups is 1. The minimum atomic E-state index is -2.90. The Kier molecular flexibility index (Phi) is 5.29. The third-order valence-electron chi connectivity index (χ3n) is 5.17. The van der Waals surface area contributed by atoms with Crippen LogP contribution in [-0.4, -0.2) is 33.6 Å². The highest BCUT2D eigenvalue weighted by Crippen LogP contribution is 2.46. The van der Waals surface area contributed by atoms with E-state index in [0.717, 1.165) is 23.4 Å². The van der Waals surface area contributed by atoms with E-state index >= 15 is 0 Å². The fourth-order valence-corrected chi connectivity index (χ4v) is 5.08. The average Bonchev–Trinajstić information content (AvgIpc) is 2.96. The number of alkyl halides is 2. The lowest BCUT2D eigenvalue weighted by Gasteiger charge is -2.36. The van der Waals surface area contributed by atoms with Crippen LogP contribution in [0.25, 0.3) is 0 Å². The van der Waals surface area contributed by atoms with Crippen LogP contribution in [0.4, 0.5) is 14.6 Å². The summed E-state index contributed by atoms with van der Waals surface area (Å²) in [5.74, 6) is 0.681. The number of H-pyrrole nitrogens is 1. The van der Waals surface area contributed by atoms with Crippen molar-refractivity contribution in [3.05, 3.63) is 45.7 Å². The molecule has 156 valence electrons. The first-order chi connectivity index (χ1) is 13.7. The number of aromatic nitrogens is 2. The minimum Gasteiger partial charge on any atom is -0.435 e. The smallest absolute Gasteiger partial charge is 0.387 e. The molecule has 29 heavy (non-hydrogen) atoms. The molecular weight excluding hydrogens is 400 g/mol. The van der Waals surface area contributed by atoms with Crippen molar-refractivity contribution < 1.29 is 18.3 Å². The van der Waals surface area contributed by atoms with E-state index in [1.807, 2.05) is 31.5 Å². The summed E-state index contributed by atoms with van der Waals surface area (Å²) < 4.78 is 37.4. The van der Waals surface area contributed by atoms with E-state index < -0.39 is 6.61 Å². The topological polar surface area (TPSA) is 68.6 Å². The summed E-state index contributed by atoms with van der Waals surface area (Å²) in [6.07, 6.45) is 1.54. The predicted octanol–water partition coefficient (Wildman–Crippen LogP) is 4.79. The fourth-order valence-electron chi connectivity index (χ4n) is 3.98. The Bertz CT molecular complexity index is 999. The van der Waals surface area contributed by atoms with Crippen molar-refractivity contribution in [2.45, 2.75) is 57.1 Å². The quantitative estimate of drug-likeness (QED) is 0.767. The van der Waals surface area contributed by atoms with E-state index in [4.69, 9.17) is 4.74 Å². The largest absolute Gasteiger partial charge is 0.435 e. The number of nitrogens with zero attached hydrogens (tertiary/aromatic N) is 2. The highest BCUT2D eigenvalue weighted by Gasteiger charge is 2.35. The highest BCUT2D eigenvalue weighted by atomic mass is 32.2. The second-order valence-corrected chi connectivity index (χ2v) is 9.18. The SMILES string of the molecule is CC1=Nc2c(c(=O)[nH]n2[C@H]2CCOC(C)(C)C2)[C@H](c2cccc(OC(F)F)c2)S1. The molecule has 0 amide bonds. The number of aromatic amines is 1. The van der Waals surface area contributed by atoms with Crippen LogP contribution in [0.2, 0.25) is 0 Å².